The molecule has 1 amide bonds. The number of amides is 1. The van der Waals surface area contributed by atoms with Crippen molar-refractivity contribution >= 4 is 21.4 Å². The number of para-hydroxylation sites is 1. The third kappa shape index (κ3) is 4.93. The predicted molar refractivity (Wildman–Crippen MR) is 131 cm³/mol. The smallest absolute Gasteiger partial charge is 0.238 e. The minimum atomic E-state index is -3.47. The van der Waals surface area contributed by atoms with Gasteiger partial charge in [-0.05, 0) is 47.4 Å². The zero-order chi connectivity index (χ0) is 24.3. The molecule has 0 fully saturated rings. The number of benzene rings is 3. The lowest BCUT2D eigenvalue weighted by Crippen LogP contribution is -2.41. The molecule has 0 radical (unpaired) electrons. The molecule has 0 bridgehead atoms. The van der Waals surface area contributed by atoms with Crippen molar-refractivity contribution in [3.8, 4) is 11.5 Å². The fourth-order valence-electron chi connectivity index (χ4n) is 4.46. The van der Waals surface area contributed by atoms with E-state index in [4.69, 9.17) is 9.47 Å². The summed E-state index contributed by atoms with van der Waals surface area (Å²) in [7, 11) is -0.250. The van der Waals surface area contributed by atoms with Crippen LogP contribution in [0.15, 0.2) is 71.6 Å². The average Bonchev–Trinajstić information content (AvgIpc) is 2.83. The van der Waals surface area contributed by atoms with Crippen molar-refractivity contribution in [2.24, 2.45) is 0 Å². The Kier molecular flexibility index (Phi) is 6.90. The SMILES string of the molecule is COc1cc2c(cc1OC)[C@H](c1ccccc1)N(CC(=O)Nc1ccccc1S(C)(=O)=O)CC2. The predicted octanol–water partition coefficient (Wildman–Crippen LogP) is 3.69. The third-order valence-corrected chi connectivity index (χ3v) is 7.15. The number of anilines is 1. The number of ether oxygens (including phenoxy) is 2. The highest BCUT2D eigenvalue weighted by molar-refractivity contribution is 7.90. The molecule has 1 aliphatic heterocycles. The maximum atomic E-state index is 13.1. The molecule has 0 aromatic heterocycles. The lowest BCUT2D eigenvalue weighted by Gasteiger charge is -2.37. The molecule has 0 unspecified atom stereocenters. The Morgan fingerprint density at radius 1 is 1.00 bits per heavy atom. The van der Waals surface area contributed by atoms with Gasteiger partial charge < -0.3 is 14.8 Å². The molecule has 0 saturated heterocycles. The maximum absolute atomic E-state index is 13.1. The van der Waals surface area contributed by atoms with Crippen molar-refractivity contribution in [2.45, 2.75) is 17.4 Å². The van der Waals surface area contributed by atoms with Crippen molar-refractivity contribution < 1.29 is 22.7 Å². The Balaban J connectivity index is 1.67. The molecular formula is C26H28N2O5S. The van der Waals surface area contributed by atoms with Gasteiger partial charge in [0.25, 0.3) is 0 Å². The number of rotatable bonds is 7. The third-order valence-electron chi connectivity index (χ3n) is 6.00. The monoisotopic (exact) mass is 480 g/mol. The van der Waals surface area contributed by atoms with E-state index in [0.29, 0.717) is 18.0 Å². The summed E-state index contributed by atoms with van der Waals surface area (Å²) in [5, 5.41) is 2.80. The molecule has 3 aromatic carbocycles. The number of hydrogen-bond donors (Lipinski definition) is 1. The largest absolute Gasteiger partial charge is 0.493 e. The highest BCUT2D eigenvalue weighted by atomic mass is 32.2. The Morgan fingerprint density at radius 3 is 2.32 bits per heavy atom. The lowest BCUT2D eigenvalue weighted by molar-refractivity contribution is -0.117. The lowest BCUT2D eigenvalue weighted by atomic mass is 9.87. The summed E-state index contributed by atoms with van der Waals surface area (Å²) in [5.41, 5.74) is 3.54. The molecule has 1 heterocycles. The van der Waals surface area contributed by atoms with Gasteiger partial charge in [-0.3, -0.25) is 9.69 Å². The van der Waals surface area contributed by atoms with Crippen LogP contribution in [0.3, 0.4) is 0 Å². The summed E-state index contributed by atoms with van der Waals surface area (Å²) in [6, 6.07) is 20.3. The van der Waals surface area contributed by atoms with Gasteiger partial charge in [-0.25, -0.2) is 8.42 Å². The van der Waals surface area contributed by atoms with Crippen LogP contribution in [-0.4, -0.2) is 52.8 Å². The number of carbonyl (C=O) groups excluding carboxylic acids is 1. The number of methoxy groups -OCH3 is 2. The van der Waals surface area contributed by atoms with Crippen LogP contribution in [0.2, 0.25) is 0 Å². The average molecular weight is 481 g/mol. The topological polar surface area (TPSA) is 84.9 Å². The van der Waals surface area contributed by atoms with Crippen LogP contribution in [0.1, 0.15) is 22.7 Å². The highest BCUT2D eigenvalue weighted by Crippen LogP contribution is 2.40. The molecule has 1 aliphatic rings. The van der Waals surface area contributed by atoms with Crippen LogP contribution in [-0.2, 0) is 21.1 Å². The quantitative estimate of drug-likeness (QED) is 0.555. The first kappa shape index (κ1) is 23.8. The van der Waals surface area contributed by atoms with E-state index in [1.165, 1.54) is 6.07 Å². The van der Waals surface area contributed by atoms with E-state index in [1.54, 1.807) is 32.4 Å². The summed E-state index contributed by atoms with van der Waals surface area (Å²) in [6.45, 7) is 0.759. The number of nitrogens with zero attached hydrogens (tertiary/aromatic N) is 1. The minimum absolute atomic E-state index is 0.101. The fourth-order valence-corrected chi connectivity index (χ4v) is 5.31. The van der Waals surface area contributed by atoms with Gasteiger partial charge in [-0.2, -0.15) is 0 Å². The molecule has 7 nitrogen and oxygen atoms in total. The molecule has 34 heavy (non-hydrogen) atoms. The van der Waals surface area contributed by atoms with Gasteiger partial charge in [0.15, 0.2) is 21.3 Å². The van der Waals surface area contributed by atoms with E-state index >= 15 is 0 Å². The van der Waals surface area contributed by atoms with Crippen molar-refractivity contribution in [1.29, 1.82) is 0 Å². The van der Waals surface area contributed by atoms with E-state index in [9.17, 15) is 13.2 Å². The van der Waals surface area contributed by atoms with Gasteiger partial charge in [-0.15, -0.1) is 0 Å². The van der Waals surface area contributed by atoms with Crippen molar-refractivity contribution in [2.75, 3.05) is 38.9 Å². The van der Waals surface area contributed by atoms with Gasteiger partial charge >= 0.3 is 0 Å². The Labute approximate surface area is 200 Å². The number of sulfone groups is 1. The van der Waals surface area contributed by atoms with Crippen molar-refractivity contribution in [3.63, 3.8) is 0 Å². The van der Waals surface area contributed by atoms with Crippen LogP contribution in [0.5, 0.6) is 11.5 Å². The zero-order valence-corrected chi connectivity index (χ0v) is 20.3. The van der Waals surface area contributed by atoms with E-state index in [0.717, 1.165) is 29.4 Å². The van der Waals surface area contributed by atoms with Gasteiger partial charge in [0.2, 0.25) is 5.91 Å². The molecule has 1 N–H and O–H groups in total. The van der Waals surface area contributed by atoms with Crippen LogP contribution < -0.4 is 14.8 Å². The first-order valence-electron chi connectivity index (χ1n) is 10.9. The first-order chi connectivity index (χ1) is 16.3. The normalized spacial score (nSPS) is 15.9. The molecule has 0 saturated carbocycles. The van der Waals surface area contributed by atoms with Crippen LogP contribution in [0, 0.1) is 0 Å². The molecule has 3 aromatic rings. The highest BCUT2D eigenvalue weighted by Gasteiger charge is 2.31. The number of nitrogens with one attached hydrogen (secondary N) is 1. The van der Waals surface area contributed by atoms with E-state index < -0.39 is 9.84 Å². The molecule has 4 rings (SSSR count). The number of fused-ring (bicyclic) bond motifs is 1. The summed E-state index contributed by atoms with van der Waals surface area (Å²) >= 11 is 0. The van der Waals surface area contributed by atoms with Crippen molar-refractivity contribution in [1.82, 2.24) is 4.90 Å². The van der Waals surface area contributed by atoms with Gasteiger partial charge in [-0.1, -0.05) is 42.5 Å². The van der Waals surface area contributed by atoms with Crippen LogP contribution in [0.25, 0.3) is 0 Å². The molecule has 1 atom stereocenters. The van der Waals surface area contributed by atoms with Gasteiger partial charge in [0, 0.05) is 12.8 Å². The fraction of sp³-hybridized carbons (Fsp3) is 0.269. The van der Waals surface area contributed by atoms with Crippen molar-refractivity contribution in [3.05, 3.63) is 83.4 Å². The number of carbonyl (C=O) groups is 1. The Bertz CT molecular complexity index is 1290. The van der Waals surface area contributed by atoms with Gasteiger partial charge in [0.05, 0.1) is 37.4 Å². The van der Waals surface area contributed by atoms with E-state index in [1.807, 2.05) is 42.5 Å². The standard InChI is InChI=1S/C26H28N2O5S/c1-32-22-15-19-13-14-28(17-25(29)27-21-11-7-8-12-24(21)34(3,30)31)26(18-9-5-4-6-10-18)20(19)16-23(22)33-2/h4-12,15-16,26H,13-14,17H2,1-3H3,(H,27,29)/t26-/m0/s1. The summed E-state index contributed by atoms with van der Waals surface area (Å²) in [6.07, 6.45) is 1.87. The molecule has 0 spiro atoms. The maximum Gasteiger partial charge on any atom is 0.238 e. The second-order valence-corrected chi connectivity index (χ2v) is 10.2. The van der Waals surface area contributed by atoms with Gasteiger partial charge in [0.1, 0.15) is 0 Å². The number of hydrogen-bond acceptors (Lipinski definition) is 6. The first-order valence-corrected chi connectivity index (χ1v) is 12.8. The Hall–Kier alpha value is -3.36. The molecule has 0 aliphatic carbocycles. The Morgan fingerprint density at radius 2 is 1.65 bits per heavy atom. The molecule has 8 heteroatoms. The summed E-state index contributed by atoms with van der Waals surface area (Å²) in [5.74, 6) is 1.04. The molecular weight excluding hydrogens is 452 g/mol. The minimum Gasteiger partial charge on any atom is -0.493 e. The second kappa shape index (κ2) is 9.87. The van der Waals surface area contributed by atoms with Crippen LogP contribution >= 0.6 is 0 Å². The molecule has 178 valence electrons. The van der Waals surface area contributed by atoms with E-state index in [2.05, 4.69) is 10.2 Å². The zero-order valence-electron chi connectivity index (χ0n) is 19.4. The summed E-state index contributed by atoms with van der Waals surface area (Å²) < 4.78 is 35.3. The van der Waals surface area contributed by atoms with E-state index in [-0.39, 0.29) is 29.1 Å². The summed E-state index contributed by atoms with van der Waals surface area (Å²) in [4.78, 5) is 15.3. The second-order valence-electron chi connectivity index (χ2n) is 8.26. The van der Waals surface area contributed by atoms with Crippen LogP contribution in [0.4, 0.5) is 5.69 Å².